The van der Waals surface area contributed by atoms with Gasteiger partial charge in [0.2, 0.25) is 5.76 Å². The minimum Gasteiger partial charge on any atom is -0.451 e. The van der Waals surface area contributed by atoms with Crippen molar-refractivity contribution in [1.82, 2.24) is 0 Å². The molecule has 3 aromatic rings. The number of benzene rings is 2. The molecule has 0 aliphatic carbocycles. The van der Waals surface area contributed by atoms with Crippen molar-refractivity contribution < 1.29 is 17.6 Å². The zero-order chi connectivity index (χ0) is 16.4. The predicted octanol–water partition coefficient (Wildman–Crippen LogP) is 4.86. The lowest BCUT2D eigenvalue weighted by Crippen LogP contribution is -2.12. The van der Waals surface area contributed by atoms with Gasteiger partial charge in [0.05, 0.1) is 11.9 Å². The van der Waals surface area contributed by atoms with E-state index in [1.165, 1.54) is 0 Å². The first-order valence-corrected chi connectivity index (χ1v) is 7.09. The lowest BCUT2D eigenvalue weighted by atomic mass is 10.1. The Morgan fingerprint density at radius 1 is 1.00 bits per heavy atom. The van der Waals surface area contributed by atoms with Crippen LogP contribution in [0.15, 0.2) is 64.0 Å². The number of halogens is 3. The highest BCUT2D eigenvalue weighted by atomic mass is 19.4. The lowest BCUT2D eigenvalue weighted by molar-refractivity contribution is -0.152. The van der Waals surface area contributed by atoms with Gasteiger partial charge < -0.3 is 4.42 Å². The predicted molar refractivity (Wildman–Crippen MR) is 81.7 cm³/mol. The first kappa shape index (κ1) is 15.3. The second-order valence-corrected chi connectivity index (χ2v) is 5.30. The summed E-state index contributed by atoms with van der Waals surface area (Å²) in [5.74, 6) is -1.04. The van der Waals surface area contributed by atoms with Crippen molar-refractivity contribution in [1.29, 1.82) is 0 Å². The molecule has 1 heterocycles. The summed E-state index contributed by atoms with van der Waals surface area (Å²) < 4.78 is 44.0. The highest BCUT2D eigenvalue weighted by Gasteiger charge is 2.34. The largest absolute Gasteiger partial charge is 0.451 e. The van der Waals surface area contributed by atoms with Gasteiger partial charge in [-0.2, -0.15) is 13.2 Å². The zero-order valence-corrected chi connectivity index (χ0v) is 12.4. The van der Waals surface area contributed by atoms with Crippen molar-refractivity contribution in [2.24, 2.45) is 4.99 Å². The highest BCUT2D eigenvalue weighted by Crippen LogP contribution is 2.30. The van der Waals surface area contributed by atoms with E-state index in [2.05, 4.69) is 4.99 Å². The third-order valence-electron chi connectivity index (χ3n) is 3.45. The molecule has 0 aliphatic rings. The smallest absolute Gasteiger partial charge is 0.449 e. The second kappa shape index (κ2) is 5.91. The molecule has 5 heteroatoms. The molecule has 0 spiro atoms. The number of hydrogen-bond acceptors (Lipinski definition) is 2. The van der Waals surface area contributed by atoms with Crippen LogP contribution in [-0.4, -0.2) is 0 Å². The van der Waals surface area contributed by atoms with Crippen LogP contribution in [-0.2, 0) is 12.7 Å². The minimum absolute atomic E-state index is 0.178. The monoisotopic (exact) mass is 317 g/mol. The van der Waals surface area contributed by atoms with Crippen molar-refractivity contribution in [3.8, 4) is 0 Å². The topological polar surface area (TPSA) is 25.5 Å². The standard InChI is InChI=1S/C18H14F3NO/c1-12-7-8-16-14(9-12)15(10-17(23-16)18(19,20)21)22-11-13-5-3-2-4-6-13/h2-10H,11H2,1H3. The van der Waals surface area contributed by atoms with Gasteiger partial charge in [-0.25, -0.2) is 0 Å². The van der Waals surface area contributed by atoms with E-state index in [9.17, 15) is 13.2 Å². The lowest BCUT2D eigenvalue weighted by Gasteiger charge is -2.08. The number of nitrogens with zero attached hydrogens (tertiary/aromatic N) is 1. The Bertz CT molecular complexity index is 896. The van der Waals surface area contributed by atoms with Crippen LogP contribution < -0.4 is 5.36 Å². The van der Waals surface area contributed by atoms with E-state index in [4.69, 9.17) is 4.42 Å². The molecule has 0 N–H and O–H groups in total. The molecule has 0 radical (unpaired) electrons. The van der Waals surface area contributed by atoms with E-state index >= 15 is 0 Å². The van der Waals surface area contributed by atoms with Crippen LogP contribution in [0, 0.1) is 6.92 Å². The number of fused-ring (bicyclic) bond motifs is 1. The quantitative estimate of drug-likeness (QED) is 0.662. The van der Waals surface area contributed by atoms with Gasteiger partial charge in [0.15, 0.2) is 0 Å². The molecule has 118 valence electrons. The van der Waals surface area contributed by atoms with Crippen LogP contribution in [0.4, 0.5) is 13.2 Å². The Balaban J connectivity index is 2.18. The van der Waals surface area contributed by atoms with Crippen molar-refractivity contribution in [3.05, 3.63) is 76.8 Å². The molecular formula is C18H14F3NO. The van der Waals surface area contributed by atoms with Gasteiger partial charge >= 0.3 is 6.18 Å². The Hall–Kier alpha value is -2.56. The third-order valence-corrected chi connectivity index (χ3v) is 3.45. The molecular weight excluding hydrogens is 303 g/mol. The fourth-order valence-electron chi connectivity index (χ4n) is 2.31. The summed E-state index contributed by atoms with van der Waals surface area (Å²) in [4.78, 5) is 4.36. The number of alkyl halides is 3. The van der Waals surface area contributed by atoms with E-state index in [1.54, 1.807) is 18.2 Å². The molecule has 3 rings (SSSR count). The van der Waals surface area contributed by atoms with Crippen LogP contribution in [0.5, 0.6) is 0 Å². The molecule has 0 amide bonds. The van der Waals surface area contributed by atoms with Crippen molar-refractivity contribution >= 4 is 11.0 Å². The number of rotatable bonds is 2. The van der Waals surface area contributed by atoms with Crippen LogP contribution >= 0.6 is 0 Å². The summed E-state index contributed by atoms with van der Waals surface area (Å²) >= 11 is 0. The summed E-state index contributed by atoms with van der Waals surface area (Å²) in [7, 11) is 0. The molecule has 0 unspecified atom stereocenters. The van der Waals surface area contributed by atoms with Gasteiger partial charge in [-0.3, -0.25) is 4.99 Å². The van der Waals surface area contributed by atoms with Crippen molar-refractivity contribution in [3.63, 3.8) is 0 Å². The molecule has 2 aromatic carbocycles. The maximum absolute atomic E-state index is 13.0. The molecule has 0 fully saturated rings. The molecule has 23 heavy (non-hydrogen) atoms. The summed E-state index contributed by atoms with van der Waals surface area (Å²) in [6, 6.07) is 15.4. The summed E-state index contributed by atoms with van der Waals surface area (Å²) in [6.07, 6.45) is -4.55. The average molecular weight is 317 g/mol. The normalized spacial score (nSPS) is 12.8. The van der Waals surface area contributed by atoms with E-state index in [0.717, 1.165) is 17.2 Å². The molecule has 0 saturated heterocycles. The zero-order valence-electron chi connectivity index (χ0n) is 12.4. The van der Waals surface area contributed by atoms with Crippen LogP contribution in [0.25, 0.3) is 11.0 Å². The maximum Gasteiger partial charge on any atom is 0.449 e. The molecule has 0 saturated carbocycles. The van der Waals surface area contributed by atoms with Crippen LogP contribution in [0.3, 0.4) is 0 Å². The molecule has 0 aliphatic heterocycles. The van der Waals surface area contributed by atoms with Gasteiger partial charge in [-0.1, -0.05) is 42.0 Å². The summed E-state index contributed by atoms with van der Waals surface area (Å²) in [6.45, 7) is 2.18. The SMILES string of the molecule is Cc1ccc2oc(C(F)(F)F)cc(=NCc3ccccc3)c2c1. The maximum atomic E-state index is 13.0. The molecule has 0 bridgehead atoms. The fourth-order valence-corrected chi connectivity index (χ4v) is 2.31. The Kier molecular flexibility index (Phi) is 3.94. The number of aryl methyl sites for hydroxylation is 1. The molecule has 0 atom stereocenters. The van der Waals surface area contributed by atoms with Crippen LogP contribution in [0.2, 0.25) is 0 Å². The van der Waals surface area contributed by atoms with Gasteiger partial charge in [-0.05, 0) is 24.6 Å². The first-order chi connectivity index (χ1) is 10.9. The van der Waals surface area contributed by atoms with E-state index in [-0.39, 0.29) is 10.9 Å². The van der Waals surface area contributed by atoms with Crippen molar-refractivity contribution in [2.75, 3.05) is 0 Å². The number of hydrogen-bond donors (Lipinski definition) is 0. The first-order valence-electron chi connectivity index (χ1n) is 7.09. The summed E-state index contributed by atoms with van der Waals surface area (Å²) in [5, 5.41) is 0.861. The van der Waals surface area contributed by atoms with Gasteiger partial charge in [0.25, 0.3) is 0 Å². The molecule has 2 nitrogen and oxygen atoms in total. The van der Waals surface area contributed by atoms with Crippen molar-refractivity contribution in [2.45, 2.75) is 19.6 Å². The van der Waals surface area contributed by atoms with Gasteiger partial charge in [-0.15, -0.1) is 0 Å². The van der Waals surface area contributed by atoms with E-state index in [0.29, 0.717) is 11.9 Å². The Labute approximate surface area is 130 Å². The van der Waals surface area contributed by atoms with Crippen LogP contribution in [0.1, 0.15) is 16.9 Å². The summed E-state index contributed by atoms with van der Waals surface area (Å²) in [5.41, 5.74) is 2.04. The average Bonchev–Trinajstić information content (AvgIpc) is 2.52. The van der Waals surface area contributed by atoms with Gasteiger partial charge in [0.1, 0.15) is 5.58 Å². The van der Waals surface area contributed by atoms with E-state index < -0.39 is 11.9 Å². The van der Waals surface area contributed by atoms with Gasteiger partial charge in [0, 0.05) is 11.5 Å². The minimum atomic E-state index is -4.55. The molecule has 1 aromatic heterocycles. The van der Waals surface area contributed by atoms with E-state index in [1.807, 2.05) is 37.3 Å². The highest BCUT2D eigenvalue weighted by molar-refractivity contribution is 5.77. The Morgan fingerprint density at radius 2 is 1.74 bits per heavy atom. The fraction of sp³-hybridized carbons (Fsp3) is 0.167. The third kappa shape index (κ3) is 3.44. The second-order valence-electron chi connectivity index (χ2n) is 5.30. The Morgan fingerprint density at radius 3 is 2.43 bits per heavy atom.